The number of allylic oxidation sites excluding steroid dienone is 1. The molecule has 86 valence electrons. The van der Waals surface area contributed by atoms with E-state index in [1.807, 2.05) is 0 Å². The zero-order valence-corrected chi connectivity index (χ0v) is 9.14. The molecule has 1 spiro atoms. The van der Waals surface area contributed by atoms with E-state index in [0.29, 0.717) is 5.76 Å². The van der Waals surface area contributed by atoms with E-state index in [4.69, 9.17) is 14.2 Å². The standard InChI is InChI=1S/C13H10O4/c1-2-3-4-5-6-9-11-12(16-11)13(17-9)10(14)7-8-15-13/h6-8,10-12,14H,1H3/b9-6-. The second-order valence-electron chi connectivity index (χ2n) is 3.88. The van der Waals surface area contributed by atoms with Crippen molar-refractivity contribution in [3.05, 3.63) is 24.2 Å². The number of rotatable bonds is 0. The molecule has 4 unspecified atom stereocenters. The molecule has 0 bridgehead atoms. The first-order valence-corrected chi connectivity index (χ1v) is 5.27. The molecule has 0 aliphatic carbocycles. The van der Waals surface area contributed by atoms with Crippen molar-refractivity contribution in [1.29, 1.82) is 0 Å². The summed E-state index contributed by atoms with van der Waals surface area (Å²) in [5.74, 6) is 10.2. The van der Waals surface area contributed by atoms with Crippen LogP contribution in [0.15, 0.2) is 24.2 Å². The van der Waals surface area contributed by atoms with E-state index in [1.54, 1.807) is 13.0 Å². The Labute approximate surface area is 98.9 Å². The minimum atomic E-state index is -1.10. The van der Waals surface area contributed by atoms with Crippen molar-refractivity contribution < 1.29 is 19.3 Å². The van der Waals surface area contributed by atoms with Crippen molar-refractivity contribution in [2.24, 2.45) is 0 Å². The third kappa shape index (κ3) is 1.43. The van der Waals surface area contributed by atoms with Crippen molar-refractivity contribution >= 4 is 0 Å². The van der Waals surface area contributed by atoms with Crippen LogP contribution in [0.3, 0.4) is 0 Å². The molecule has 4 nitrogen and oxygen atoms in total. The van der Waals surface area contributed by atoms with Gasteiger partial charge in [0, 0.05) is 6.08 Å². The summed E-state index contributed by atoms with van der Waals surface area (Å²) < 4.78 is 16.4. The van der Waals surface area contributed by atoms with Gasteiger partial charge in [-0.1, -0.05) is 11.8 Å². The third-order valence-electron chi connectivity index (χ3n) is 2.85. The predicted molar refractivity (Wildman–Crippen MR) is 58.0 cm³/mol. The maximum Gasteiger partial charge on any atom is 0.309 e. The Hall–Kier alpha value is -1.88. The molecule has 3 aliphatic rings. The molecule has 0 radical (unpaired) electrons. The van der Waals surface area contributed by atoms with E-state index >= 15 is 0 Å². The topological polar surface area (TPSA) is 51.2 Å². The molecular weight excluding hydrogens is 220 g/mol. The summed E-state index contributed by atoms with van der Waals surface area (Å²) in [6.07, 6.45) is 3.35. The van der Waals surface area contributed by atoms with E-state index < -0.39 is 11.9 Å². The normalized spacial score (nSPS) is 42.0. The lowest BCUT2D eigenvalue weighted by Gasteiger charge is -2.27. The Bertz CT molecular complexity index is 525. The van der Waals surface area contributed by atoms with Gasteiger partial charge in [-0.2, -0.15) is 0 Å². The summed E-state index contributed by atoms with van der Waals surface area (Å²) in [4.78, 5) is 0. The van der Waals surface area contributed by atoms with E-state index in [2.05, 4.69) is 23.7 Å². The first-order valence-electron chi connectivity index (χ1n) is 5.27. The van der Waals surface area contributed by atoms with Gasteiger partial charge in [0.1, 0.15) is 5.76 Å². The molecule has 0 aromatic carbocycles. The molecule has 2 saturated heterocycles. The summed E-state index contributed by atoms with van der Waals surface area (Å²) in [7, 11) is 0. The van der Waals surface area contributed by atoms with Crippen LogP contribution >= 0.6 is 0 Å². The minimum absolute atomic E-state index is 0.159. The second kappa shape index (κ2) is 3.56. The van der Waals surface area contributed by atoms with E-state index in [9.17, 15) is 5.11 Å². The van der Waals surface area contributed by atoms with Gasteiger partial charge in [-0.15, -0.1) is 0 Å². The van der Waals surface area contributed by atoms with E-state index in [1.165, 1.54) is 12.3 Å². The van der Waals surface area contributed by atoms with Gasteiger partial charge in [0.15, 0.2) is 18.3 Å². The lowest BCUT2D eigenvalue weighted by molar-refractivity contribution is -0.218. The lowest BCUT2D eigenvalue weighted by atomic mass is 10.1. The molecule has 3 rings (SSSR count). The van der Waals surface area contributed by atoms with Gasteiger partial charge in [0.2, 0.25) is 0 Å². The van der Waals surface area contributed by atoms with Gasteiger partial charge in [-0.05, 0) is 24.8 Å². The zero-order chi connectivity index (χ0) is 11.9. The third-order valence-corrected chi connectivity index (χ3v) is 2.85. The molecule has 3 heterocycles. The van der Waals surface area contributed by atoms with Crippen LogP contribution in [-0.2, 0) is 14.2 Å². The van der Waals surface area contributed by atoms with Crippen molar-refractivity contribution in [3.8, 4) is 23.7 Å². The smallest absolute Gasteiger partial charge is 0.309 e. The summed E-state index contributed by atoms with van der Waals surface area (Å²) >= 11 is 0. The first kappa shape index (κ1) is 10.3. The van der Waals surface area contributed by atoms with Crippen molar-refractivity contribution in [2.45, 2.75) is 31.0 Å². The number of fused-ring (bicyclic) bond motifs is 2. The molecule has 4 atom stereocenters. The number of hydrogen-bond acceptors (Lipinski definition) is 4. The molecule has 17 heavy (non-hydrogen) atoms. The highest BCUT2D eigenvalue weighted by molar-refractivity contribution is 5.36. The summed E-state index contributed by atoms with van der Waals surface area (Å²) in [6, 6.07) is 0. The Morgan fingerprint density at radius 1 is 1.47 bits per heavy atom. The Morgan fingerprint density at radius 2 is 2.35 bits per heavy atom. The van der Waals surface area contributed by atoms with Gasteiger partial charge in [0.05, 0.1) is 6.26 Å². The van der Waals surface area contributed by atoms with Crippen LogP contribution in [0.2, 0.25) is 0 Å². The maximum absolute atomic E-state index is 9.80. The minimum Gasteiger partial charge on any atom is -0.455 e. The highest BCUT2D eigenvalue weighted by Crippen LogP contribution is 2.52. The highest BCUT2D eigenvalue weighted by Gasteiger charge is 2.71. The maximum atomic E-state index is 9.80. The van der Waals surface area contributed by atoms with Crippen LogP contribution in [0.4, 0.5) is 0 Å². The fourth-order valence-corrected chi connectivity index (χ4v) is 2.00. The van der Waals surface area contributed by atoms with E-state index in [0.717, 1.165) is 0 Å². The van der Waals surface area contributed by atoms with Crippen LogP contribution in [0, 0.1) is 23.7 Å². The van der Waals surface area contributed by atoms with Gasteiger partial charge in [0.25, 0.3) is 0 Å². The Morgan fingerprint density at radius 3 is 3.06 bits per heavy atom. The van der Waals surface area contributed by atoms with Gasteiger partial charge in [-0.25, -0.2) is 0 Å². The number of epoxide rings is 1. The van der Waals surface area contributed by atoms with Gasteiger partial charge < -0.3 is 19.3 Å². The van der Waals surface area contributed by atoms with Crippen LogP contribution in [0.1, 0.15) is 6.92 Å². The lowest BCUT2D eigenvalue weighted by Crippen LogP contribution is -2.44. The van der Waals surface area contributed by atoms with Crippen molar-refractivity contribution in [1.82, 2.24) is 0 Å². The molecule has 0 aromatic heterocycles. The number of aliphatic hydroxyl groups is 1. The molecule has 1 N–H and O–H groups in total. The molecule has 2 fully saturated rings. The van der Waals surface area contributed by atoms with Crippen LogP contribution in [0.5, 0.6) is 0 Å². The highest BCUT2D eigenvalue weighted by atomic mass is 16.8. The second-order valence-corrected chi connectivity index (χ2v) is 3.88. The predicted octanol–water partition coefficient (Wildman–Crippen LogP) is 0.296. The average molecular weight is 230 g/mol. The number of aliphatic hydroxyl groups excluding tert-OH is 1. The summed E-state index contributed by atoms with van der Waals surface area (Å²) in [6.45, 7) is 1.72. The van der Waals surface area contributed by atoms with Crippen molar-refractivity contribution in [3.63, 3.8) is 0 Å². The average Bonchev–Trinajstić information content (AvgIpc) is 2.97. The monoisotopic (exact) mass is 230 g/mol. The fourth-order valence-electron chi connectivity index (χ4n) is 2.00. The molecule has 3 aliphatic heterocycles. The first-order chi connectivity index (χ1) is 8.28. The Balaban J connectivity index is 1.80. The molecule has 0 amide bonds. The van der Waals surface area contributed by atoms with Crippen LogP contribution in [0.25, 0.3) is 0 Å². The molecular formula is C13H10O4. The zero-order valence-electron chi connectivity index (χ0n) is 9.14. The number of hydrogen-bond donors (Lipinski definition) is 1. The van der Waals surface area contributed by atoms with Crippen molar-refractivity contribution in [2.75, 3.05) is 0 Å². The molecule has 0 aromatic rings. The number of ether oxygens (including phenoxy) is 3. The van der Waals surface area contributed by atoms with Gasteiger partial charge in [-0.3, -0.25) is 0 Å². The van der Waals surface area contributed by atoms with E-state index in [-0.39, 0.29) is 12.2 Å². The quantitative estimate of drug-likeness (QED) is 0.480. The van der Waals surface area contributed by atoms with Crippen LogP contribution < -0.4 is 0 Å². The Kier molecular flexibility index (Phi) is 2.16. The summed E-state index contributed by atoms with van der Waals surface area (Å²) in [5.41, 5.74) is 0. The SMILES string of the molecule is CC#CC#C/C=C1\OC2(OC=CC2O)C2OC12. The molecule has 4 heteroatoms. The summed E-state index contributed by atoms with van der Waals surface area (Å²) in [5, 5.41) is 9.80. The fraction of sp³-hybridized carbons (Fsp3) is 0.385. The van der Waals surface area contributed by atoms with Gasteiger partial charge >= 0.3 is 5.79 Å². The largest absolute Gasteiger partial charge is 0.455 e. The molecule has 0 saturated carbocycles. The van der Waals surface area contributed by atoms with Crippen LogP contribution in [-0.4, -0.2) is 29.2 Å².